The van der Waals surface area contributed by atoms with Crippen LogP contribution in [0.15, 0.2) is 12.1 Å². The standard InChI is InChI=1S/C10H8F3N3/c1-4-2-5-8(13)6(11)3-7(12)9(5)15-10(4)16-14/h2-3H,14H2,1H3,(H,15,16). The number of nitrogen functional groups attached to an aromatic ring is 1. The molecule has 0 aliphatic carbocycles. The predicted octanol–water partition coefficient (Wildman–Crippen LogP) is 2.25. The summed E-state index contributed by atoms with van der Waals surface area (Å²) < 4.78 is 39.6. The van der Waals surface area contributed by atoms with Crippen LogP contribution in [-0.2, 0) is 0 Å². The monoisotopic (exact) mass is 227 g/mol. The molecule has 0 aliphatic rings. The molecular formula is C10H8F3N3. The lowest BCUT2D eigenvalue weighted by Gasteiger charge is -2.07. The molecule has 1 aromatic heterocycles. The van der Waals surface area contributed by atoms with Gasteiger partial charge in [0.25, 0.3) is 0 Å². The van der Waals surface area contributed by atoms with Gasteiger partial charge in [-0.05, 0) is 18.6 Å². The molecule has 0 spiro atoms. The van der Waals surface area contributed by atoms with Gasteiger partial charge in [0.1, 0.15) is 11.3 Å². The van der Waals surface area contributed by atoms with Crippen LogP contribution in [0.5, 0.6) is 0 Å². The average Bonchev–Trinajstić information content (AvgIpc) is 2.25. The maximum atomic E-state index is 13.4. The van der Waals surface area contributed by atoms with Crippen LogP contribution in [0.4, 0.5) is 19.0 Å². The van der Waals surface area contributed by atoms with Crippen molar-refractivity contribution >= 4 is 16.7 Å². The summed E-state index contributed by atoms with van der Waals surface area (Å²) in [6.07, 6.45) is 0. The van der Waals surface area contributed by atoms with Crippen LogP contribution >= 0.6 is 0 Å². The topological polar surface area (TPSA) is 50.9 Å². The van der Waals surface area contributed by atoms with Gasteiger partial charge in [-0.3, -0.25) is 0 Å². The number of nitrogens with two attached hydrogens (primary N) is 1. The third kappa shape index (κ3) is 1.47. The maximum Gasteiger partial charge on any atom is 0.168 e. The number of halogens is 3. The third-order valence-electron chi connectivity index (χ3n) is 2.28. The summed E-state index contributed by atoms with van der Waals surface area (Å²) in [5.41, 5.74) is 2.50. The van der Waals surface area contributed by atoms with Crippen molar-refractivity contribution in [3.63, 3.8) is 0 Å². The zero-order valence-corrected chi connectivity index (χ0v) is 8.31. The Morgan fingerprint density at radius 2 is 1.88 bits per heavy atom. The molecule has 0 atom stereocenters. The number of nitrogens with zero attached hydrogens (tertiary/aromatic N) is 1. The summed E-state index contributed by atoms with van der Waals surface area (Å²) in [6, 6.07) is 1.75. The smallest absolute Gasteiger partial charge is 0.168 e. The molecule has 2 rings (SSSR count). The molecule has 1 heterocycles. The molecule has 3 nitrogen and oxygen atoms in total. The van der Waals surface area contributed by atoms with Crippen LogP contribution in [0.25, 0.3) is 10.9 Å². The minimum Gasteiger partial charge on any atom is -0.308 e. The lowest BCUT2D eigenvalue weighted by molar-refractivity contribution is 0.505. The fourth-order valence-electron chi connectivity index (χ4n) is 1.48. The maximum absolute atomic E-state index is 13.4. The van der Waals surface area contributed by atoms with Crippen molar-refractivity contribution in [3.8, 4) is 0 Å². The molecule has 0 unspecified atom stereocenters. The van der Waals surface area contributed by atoms with E-state index < -0.39 is 17.5 Å². The van der Waals surface area contributed by atoms with Crippen molar-refractivity contribution in [3.05, 3.63) is 35.1 Å². The number of nitrogens with one attached hydrogen (secondary N) is 1. The highest BCUT2D eigenvalue weighted by atomic mass is 19.2. The van der Waals surface area contributed by atoms with Crippen LogP contribution in [0.2, 0.25) is 0 Å². The second-order valence-corrected chi connectivity index (χ2v) is 3.35. The van der Waals surface area contributed by atoms with Gasteiger partial charge in [-0.2, -0.15) is 0 Å². The summed E-state index contributed by atoms with van der Waals surface area (Å²) >= 11 is 0. The van der Waals surface area contributed by atoms with E-state index in [1.165, 1.54) is 6.07 Å². The molecule has 3 N–H and O–H groups in total. The molecule has 0 fully saturated rings. The molecule has 0 radical (unpaired) electrons. The van der Waals surface area contributed by atoms with E-state index in [0.29, 0.717) is 11.6 Å². The quantitative estimate of drug-likeness (QED) is 0.446. The highest BCUT2D eigenvalue weighted by molar-refractivity contribution is 5.82. The lowest BCUT2D eigenvalue weighted by atomic mass is 10.1. The van der Waals surface area contributed by atoms with Crippen molar-refractivity contribution in [2.75, 3.05) is 5.43 Å². The Balaban J connectivity index is 2.90. The largest absolute Gasteiger partial charge is 0.308 e. The molecule has 0 amide bonds. The summed E-state index contributed by atoms with van der Waals surface area (Å²) in [4.78, 5) is 3.78. The van der Waals surface area contributed by atoms with Crippen LogP contribution in [-0.4, -0.2) is 4.98 Å². The first-order valence-electron chi connectivity index (χ1n) is 4.46. The lowest BCUT2D eigenvalue weighted by Crippen LogP contribution is -2.10. The number of rotatable bonds is 1. The Hall–Kier alpha value is -1.82. The Morgan fingerprint density at radius 3 is 2.50 bits per heavy atom. The molecule has 6 heteroatoms. The fourth-order valence-corrected chi connectivity index (χ4v) is 1.48. The zero-order valence-electron chi connectivity index (χ0n) is 8.31. The molecule has 84 valence electrons. The molecule has 0 saturated carbocycles. The van der Waals surface area contributed by atoms with Crippen molar-refractivity contribution in [2.24, 2.45) is 5.84 Å². The van der Waals surface area contributed by atoms with Crippen molar-refractivity contribution in [2.45, 2.75) is 6.92 Å². The van der Waals surface area contributed by atoms with Gasteiger partial charge in [0.05, 0.1) is 0 Å². The number of anilines is 1. The van der Waals surface area contributed by atoms with Gasteiger partial charge in [0, 0.05) is 11.5 Å². The molecule has 16 heavy (non-hydrogen) atoms. The van der Waals surface area contributed by atoms with Gasteiger partial charge in [-0.15, -0.1) is 0 Å². The van der Waals surface area contributed by atoms with Gasteiger partial charge >= 0.3 is 0 Å². The Labute approximate surface area is 89.1 Å². The summed E-state index contributed by atoms with van der Waals surface area (Å²) in [7, 11) is 0. The highest BCUT2D eigenvalue weighted by Gasteiger charge is 2.15. The number of aromatic nitrogens is 1. The first kappa shape index (κ1) is 10.7. The van der Waals surface area contributed by atoms with Crippen LogP contribution < -0.4 is 11.3 Å². The number of benzene rings is 1. The van der Waals surface area contributed by atoms with E-state index in [-0.39, 0.29) is 16.7 Å². The van der Waals surface area contributed by atoms with E-state index in [1.807, 2.05) is 0 Å². The third-order valence-corrected chi connectivity index (χ3v) is 2.28. The van der Waals surface area contributed by atoms with E-state index in [0.717, 1.165) is 0 Å². The number of aryl methyl sites for hydroxylation is 1. The van der Waals surface area contributed by atoms with E-state index >= 15 is 0 Å². The fraction of sp³-hybridized carbons (Fsp3) is 0.100. The SMILES string of the molecule is Cc1cc2c(F)c(F)cc(F)c2nc1NN. The average molecular weight is 227 g/mol. The number of hydrazine groups is 1. The first-order valence-corrected chi connectivity index (χ1v) is 4.46. The number of pyridine rings is 1. The molecule has 1 aromatic carbocycles. The van der Waals surface area contributed by atoms with Crippen molar-refractivity contribution in [1.82, 2.24) is 4.98 Å². The van der Waals surface area contributed by atoms with Gasteiger partial charge in [0.15, 0.2) is 17.5 Å². The molecular weight excluding hydrogens is 219 g/mol. The molecule has 0 saturated heterocycles. The molecule has 0 bridgehead atoms. The second-order valence-electron chi connectivity index (χ2n) is 3.35. The number of fused-ring (bicyclic) bond motifs is 1. The zero-order chi connectivity index (χ0) is 11.9. The summed E-state index contributed by atoms with van der Waals surface area (Å²) in [6.45, 7) is 1.60. The normalized spacial score (nSPS) is 10.8. The minimum atomic E-state index is -1.24. The van der Waals surface area contributed by atoms with Crippen LogP contribution in [0.3, 0.4) is 0 Å². The van der Waals surface area contributed by atoms with E-state index in [4.69, 9.17) is 5.84 Å². The van der Waals surface area contributed by atoms with E-state index in [2.05, 4.69) is 10.4 Å². The second kappa shape index (κ2) is 3.64. The van der Waals surface area contributed by atoms with Crippen molar-refractivity contribution in [1.29, 1.82) is 0 Å². The Morgan fingerprint density at radius 1 is 1.19 bits per heavy atom. The number of hydrogen-bond acceptors (Lipinski definition) is 3. The summed E-state index contributed by atoms with van der Waals surface area (Å²) in [5, 5.41) is -0.200. The molecule has 2 aromatic rings. The van der Waals surface area contributed by atoms with Gasteiger partial charge in [0.2, 0.25) is 0 Å². The van der Waals surface area contributed by atoms with Crippen molar-refractivity contribution < 1.29 is 13.2 Å². The minimum absolute atomic E-state index is 0.200. The van der Waals surface area contributed by atoms with Crippen LogP contribution in [0.1, 0.15) is 5.56 Å². The van der Waals surface area contributed by atoms with E-state index in [1.54, 1.807) is 6.92 Å². The van der Waals surface area contributed by atoms with Gasteiger partial charge < -0.3 is 5.43 Å². The van der Waals surface area contributed by atoms with E-state index in [9.17, 15) is 13.2 Å². The Kier molecular flexibility index (Phi) is 2.43. The predicted molar refractivity (Wildman–Crippen MR) is 54.2 cm³/mol. The molecule has 0 aliphatic heterocycles. The Bertz CT molecular complexity index is 569. The number of hydrogen-bond donors (Lipinski definition) is 2. The van der Waals surface area contributed by atoms with Gasteiger partial charge in [-0.1, -0.05) is 0 Å². The van der Waals surface area contributed by atoms with Crippen LogP contribution in [0, 0.1) is 24.4 Å². The highest BCUT2D eigenvalue weighted by Crippen LogP contribution is 2.25. The summed E-state index contributed by atoms with van der Waals surface area (Å²) in [5.74, 6) is 2.10. The first-order chi connectivity index (χ1) is 7.54. The van der Waals surface area contributed by atoms with Gasteiger partial charge in [-0.25, -0.2) is 24.0 Å².